The molecule has 18 heavy (non-hydrogen) atoms. The van der Waals surface area contributed by atoms with Crippen LogP contribution in [0.15, 0.2) is 24.3 Å². The molecular formula is C17H27N. The van der Waals surface area contributed by atoms with Crippen molar-refractivity contribution in [3.8, 4) is 0 Å². The second-order valence-electron chi connectivity index (χ2n) is 6.02. The van der Waals surface area contributed by atoms with Gasteiger partial charge in [0.1, 0.15) is 0 Å². The Hall–Kier alpha value is -0.820. The molecule has 0 aliphatic heterocycles. The fraction of sp³-hybridized carbons (Fsp3) is 0.647. The smallest absolute Gasteiger partial charge is 0.00684 e. The average molecular weight is 245 g/mol. The van der Waals surface area contributed by atoms with Gasteiger partial charge in [-0.15, -0.1) is 0 Å². The van der Waals surface area contributed by atoms with Crippen molar-refractivity contribution in [2.45, 2.75) is 58.9 Å². The maximum absolute atomic E-state index is 3.73. The van der Waals surface area contributed by atoms with E-state index in [0.29, 0.717) is 5.41 Å². The Morgan fingerprint density at radius 1 is 1.11 bits per heavy atom. The molecule has 0 unspecified atom stereocenters. The Labute approximate surface area is 112 Å². The Bertz CT molecular complexity index is 358. The zero-order chi connectivity index (χ0) is 13.0. The zero-order valence-corrected chi connectivity index (χ0v) is 12.1. The first-order valence-corrected chi connectivity index (χ1v) is 7.46. The summed E-state index contributed by atoms with van der Waals surface area (Å²) < 4.78 is 0. The van der Waals surface area contributed by atoms with Crippen molar-refractivity contribution in [3.63, 3.8) is 0 Å². The third-order valence-electron chi connectivity index (χ3n) is 4.54. The second kappa shape index (κ2) is 5.88. The fourth-order valence-corrected chi connectivity index (χ4v) is 2.60. The molecule has 2 rings (SSSR count). The van der Waals surface area contributed by atoms with E-state index >= 15 is 0 Å². The van der Waals surface area contributed by atoms with Gasteiger partial charge in [-0.3, -0.25) is 0 Å². The Kier molecular flexibility index (Phi) is 4.45. The predicted octanol–water partition coefficient (Wildman–Crippen LogP) is 4.10. The first-order chi connectivity index (χ1) is 8.67. The van der Waals surface area contributed by atoms with Crippen molar-refractivity contribution in [2.75, 3.05) is 6.54 Å². The second-order valence-corrected chi connectivity index (χ2v) is 6.02. The van der Waals surface area contributed by atoms with Crippen LogP contribution in [0.3, 0.4) is 0 Å². The molecule has 1 fully saturated rings. The van der Waals surface area contributed by atoms with Crippen LogP contribution in [0.4, 0.5) is 0 Å². The van der Waals surface area contributed by atoms with Gasteiger partial charge in [0, 0.05) is 12.6 Å². The van der Waals surface area contributed by atoms with Gasteiger partial charge in [-0.25, -0.2) is 0 Å². The van der Waals surface area contributed by atoms with Crippen LogP contribution in [-0.4, -0.2) is 12.6 Å². The summed E-state index contributed by atoms with van der Waals surface area (Å²) in [5, 5.41) is 3.73. The van der Waals surface area contributed by atoms with Gasteiger partial charge in [0.25, 0.3) is 0 Å². The van der Waals surface area contributed by atoms with Crippen molar-refractivity contribution >= 4 is 0 Å². The van der Waals surface area contributed by atoms with E-state index in [2.05, 4.69) is 50.4 Å². The third kappa shape index (κ3) is 3.58. The molecule has 0 amide bonds. The van der Waals surface area contributed by atoms with Crippen molar-refractivity contribution in [1.29, 1.82) is 0 Å². The number of hydrogen-bond donors (Lipinski definition) is 1. The maximum Gasteiger partial charge on any atom is 0.00684 e. The molecule has 0 bridgehead atoms. The largest absolute Gasteiger partial charge is 0.313 e. The molecular weight excluding hydrogens is 218 g/mol. The molecule has 1 aromatic rings. The highest BCUT2D eigenvalue weighted by atomic mass is 15.0. The Morgan fingerprint density at radius 3 is 2.22 bits per heavy atom. The monoisotopic (exact) mass is 245 g/mol. The average Bonchev–Trinajstić information content (AvgIpc) is 3.21. The molecule has 1 aromatic carbocycles. The van der Waals surface area contributed by atoms with Crippen LogP contribution in [0, 0.1) is 12.3 Å². The molecule has 0 aromatic heterocycles. The fourth-order valence-electron chi connectivity index (χ4n) is 2.60. The minimum absolute atomic E-state index is 0.442. The first-order valence-electron chi connectivity index (χ1n) is 7.46. The van der Waals surface area contributed by atoms with E-state index in [1.807, 2.05) is 0 Å². The highest BCUT2D eigenvalue weighted by Crippen LogP contribution is 2.32. The van der Waals surface area contributed by atoms with Gasteiger partial charge in [-0.1, -0.05) is 43.7 Å². The van der Waals surface area contributed by atoms with Crippen LogP contribution in [0.1, 0.15) is 50.7 Å². The standard InChI is InChI=1S/C17H27N/c1-4-17(5-2,13-18-16-10-11-16)12-15-8-6-14(3)7-9-15/h6-9,16,18H,4-5,10-13H2,1-3H3. The normalized spacial score (nSPS) is 15.9. The minimum atomic E-state index is 0.442. The molecule has 1 heteroatoms. The van der Waals surface area contributed by atoms with Crippen LogP contribution in [-0.2, 0) is 6.42 Å². The molecule has 1 saturated carbocycles. The predicted molar refractivity (Wildman–Crippen MR) is 78.9 cm³/mol. The van der Waals surface area contributed by atoms with E-state index in [1.54, 1.807) is 0 Å². The number of nitrogens with one attached hydrogen (secondary N) is 1. The van der Waals surface area contributed by atoms with Crippen molar-refractivity contribution < 1.29 is 0 Å². The topological polar surface area (TPSA) is 12.0 Å². The lowest BCUT2D eigenvalue weighted by Gasteiger charge is -2.32. The van der Waals surface area contributed by atoms with E-state index in [9.17, 15) is 0 Å². The number of hydrogen-bond acceptors (Lipinski definition) is 1. The molecule has 0 heterocycles. The summed E-state index contributed by atoms with van der Waals surface area (Å²) in [7, 11) is 0. The lowest BCUT2D eigenvalue weighted by Crippen LogP contribution is -2.36. The summed E-state index contributed by atoms with van der Waals surface area (Å²) in [6.45, 7) is 8.02. The van der Waals surface area contributed by atoms with E-state index in [4.69, 9.17) is 0 Å². The molecule has 0 saturated heterocycles. The Morgan fingerprint density at radius 2 is 1.72 bits per heavy atom. The lowest BCUT2D eigenvalue weighted by molar-refractivity contribution is 0.245. The van der Waals surface area contributed by atoms with Gasteiger partial charge < -0.3 is 5.32 Å². The van der Waals surface area contributed by atoms with Crippen molar-refractivity contribution in [3.05, 3.63) is 35.4 Å². The summed E-state index contributed by atoms with van der Waals surface area (Å²) in [5.41, 5.74) is 3.29. The van der Waals surface area contributed by atoms with Gasteiger partial charge in [-0.2, -0.15) is 0 Å². The van der Waals surface area contributed by atoms with Gasteiger partial charge in [0.2, 0.25) is 0 Å². The summed E-state index contributed by atoms with van der Waals surface area (Å²) >= 11 is 0. The third-order valence-corrected chi connectivity index (χ3v) is 4.54. The summed E-state index contributed by atoms with van der Waals surface area (Å²) in [6.07, 6.45) is 6.50. The highest BCUT2D eigenvalue weighted by Gasteiger charge is 2.29. The van der Waals surface area contributed by atoms with Crippen LogP contribution in [0.25, 0.3) is 0 Å². The quantitative estimate of drug-likeness (QED) is 0.762. The number of aryl methyl sites for hydroxylation is 1. The van der Waals surface area contributed by atoms with Crippen LogP contribution < -0.4 is 5.32 Å². The molecule has 1 aliphatic rings. The maximum atomic E-state index is 3.73. The van der Waals surface area contributed by atoms with E-state index in [-0.39, 0.29) is 0 Å². The molecule has 1 aliphatic carbocycles. The van der Waals surface area contributed by atoms with Crippen molar-refractivity contribution in [1.82, 2.24) is 5.32 Å². The molecule has 1 nitrogen and oxygen atoms in total. The van der Waals surface area contributed by atoms with Gasteiger partial charge >= 0.3 is 0 Å². The van der Waals surface area contributed by atoms with Gasteiger partial charge in [0.15, 0.2) is 0 Å². The SMILES string of the molecule is CCC(CC)(CNC1CC1)Cc1ccc(C)cc1. The first kappa shape index (κ1) is 13.6. The molecule has 1 N–H and O–H groups in total. The lowest BCUT2D eigenvalue weighted by atomic mass is 9.76. The van der Waals surface area contributed by atoms with Crippen LogP contribution in [0.2, 0.25) is 0 Å². The van der Waals surface area contributed by atoms with Gasteiger partial charge in [0.05, 0.1) is 0 Å². The van der Waals surface area contributed by atoms with Gasteiger partial charge in [-0.05, 0) is 50.0 Å². The van der Waals surface area contributed by atoms with E-state index in [0.717, 1.165) is 6.04 Å². The number of rotatable bonds is 7. The zero-order valence-electron chi connectivity index (χ0n) is 12.1. The van der Waals surface area contributed by atoms with Crippen molar-refractivity contribution in [2.24, 2.45) is 5.41 Å². The highest BCUT2D eigenvalue weighted by molar-refractivity contribution is 5.22. The summed E-state index contributed by atoms with van der Waals surface area (Å²) in [5.74, 6) is 0. The van der Waals surface area contributed by atoms with Crippen LogP contribution in [0.5, 0.6) is 0 Å². The summed E-state index contributed by atoms with van der Waals surface area (Å²) in [4.78, 5) is 0. The summed E-state index contributed by atoms with van der Waals surface area (Å²) in [6, 6.07) is 9.89. The van der Waals surface area contributed by atoms with E-state index < -0.39 is 0 Å². The number of benzene rings is 1. The molecule has 0 spiro atoms. The Balaban J connectivity index is 2.00. The molecule has 100 valence electrons. The molecule has 0 radical (unpaired) electrons. The van der Waals surface area contributed by atoms with E-state index in [1.165, 1.54) is 49.8 Å². The van der Waals surface area contributed by atoms with Crippen LogP contribution >= 0.6 is 0 Å². The minimum Gasteiger partial charge on any atom is -0.313 e. The molecule has 0 atom stereocenters.